The van der Waals surface area contributed by atoms with Crippen molar-refractivity contribution in [3.63, 3.8) is 0 Å². The van der Waals surface area contributed by atoms with Gasteiger partial charge in [0.15, 0.2) is 0 Å². The lowest BCUT2D eigenvalue weighted by Crippen LogP contribution is -2.12. The molecule has 0 saturated heterocycles. The van der Waals surface area contributed by atoms with Crippen molar-refractivity contribution in [2.45, 2.75) is 0 Å². The quantitative estimate of drug-likeness (QED) is 0.876. The molecule has 4 nitrogen and oxygen atoms in total. The van der Waals surface area contributed by atoms with Crippen molar-refractivity contribution >= 4 is 44.9 Å². The van der Waals surface area contributed by atoms with Crippen LogP contribution < -0.4 is 11.1 Å². The number of rotatable bonds is 2. The maximum absolute atomic E-state index is 13.1. The number of nitrogens with one attached hydrogen (secondary N) is 1. The molecule has 98 valence electrons. The maximum atomic E-state index is 13.1. The van der Waals surface area contributed by atoms with Crippen LogP contribution in [-0.4, -0.2) is 10.9 Å². The Balaban J connectivity index is 2.20. The van der Waals surface area contributed by atoms with E-state index in [4.69, 9.17) is 17.3 Å². The van der Waals surface area contributed by atoms with E-state index in [-0.39, 0.29) is 20.9 Å². The summed E-state index contributed by atoms with van der Waals surface area (Å²) in [6.07, 6.45) is 1.31. The molecule has 0 aliphatic heterocycles. The van der Waals surface area contributed by atoms with E-state index in [1.54, 1.807) is 0 Å². The summed E-state index contributed by atoms with van der Waals surface area (Å²) < 4.78 is 13.3. The van der Waals surface area contributed by atoms with Gasteiger partial charge in [0.25, 0.3) is 5.91 Å². The van der Waals surface area contributed by atoms with Crippen LogP contribution in [0, 0.1) is 5.82 Å². The first kappa shape index (κ1) is 13.8. The number of aromatic nitrogens is 1. The monoisotopic (exact) mass is 343 g/mol. The predicted octanol–water partition coefficient (Wildman–Crippen LogP) is 3.47. The average molecular weight is 345 g/mol. The zero-order chi connectivity index (χ0) is 14.0. The summed E-state index contributed by atoms with van der Waals surface area (Å²) in [5.41, 5.74) is 6.17. The van der Waals surface area contributed by atoms with Crippen LogP contribution in [0.3, 0.4) is 0 Å². The largest absolute Gasteiger partial charge is 0.382 e. The number of anilines is 2. The molecule has 0 bridgehead atoms. The summed E-state index contributed by atoms with van der Waals surface area (Å²) in [7, 11) is 0. The fourth-order valence-electron chi connectivity index (χ4n) is 1.35. The summed E-state index contributed by atoms with van der Waals surface area (Å²) >= 11 is 8.82. The average Bonchev–Trinajstić information content (AvgIpc) is 2.37. The lowest BCUT2D eigenvalue weighted by atomic mass is 10.2. The lowest BCUT2D eigenvalue weighted by molar-refractivity contribution is 0.102. The van der Waals surface area contributed by atoms with Gasteiger partial charge in [-0.05, 0) is 40.2 Å². The SMILES string of the molecule is Nc1ncc(C(=O)Nc2ccc(F)c(Br)c2)cc1Cl. The number of hydrogen-bond donors (Lipinski definition) is 2. The van der Waals surface area contributed by atoms with E-state index in [2.05, 4.69) is 26.2 Å². The number of benzene rings is 1. The number of carbonyl (C=O) groups excluding carboxylic acids is 1. The van der Waals surface area contributed by atoms with Gasteiger partial charge in [-0.25, -0.2) is 9.37 Å². The highest BCUT2D eigenvalue weighted by atomic mass is 79.9. The van der Waals surface area contributed by atoms with Gasteiger partial charge in [-0.3, -0.25) is 4.79 Å². The van der Waals surface area contributed by atoms with Gasteiger partial charge in [-0.1, -0.05) is 11.6 Å². The number of hydrogen-bond acceptors (Lipinski definition) is 3. The van der Waals surface area contributed by atoms with Crippen molar-refractivity contribution in [3.05, 3.63) is 51.3 Å². The van der Waals surface area contributed by atoms with Crippen LogP contribution in [0.4, 0.5) is 15.9 Å². The fraction of sp³-hybridized carbons (Fsp3) is 0. The summed E-state index contributed by atoms with van der Waals surface area (Å²) in [5, 5.41) is 2.80. The smallest absolute Gasteiger partial charge is 0.257 e. The molecule has 2 aromatic rings. The van der Waals surface area contributed by atoms with Crippen molar-refractivity contribution in [1.82, 2.24) is 4.98 Å². The number of nitrogen functional groups attached to an aromatic ring is 1. The summed E-state index contributed by atoms with van der Waals surface area (Å²) in [6, 6.07) is 5.57. The molecule has 1 aromatic heterocycles. The number of nitrogens with two attached hydrogens (primary N) is 1. The van der Waals surface area contributed by atoms with Crippen LogP contribution in [0.15, 0.2) is 34.9 Å². The molecule has 7 heteroatoms. The molecule has 1 amide bonds. The molecule has 3 N–H and O–H groups in total. The molecule has 0 aliphatic rings. The van der Waals surface area contributed by atoms with E-state index in [1.165, 1.54) is 30.5 Å². The van der Waals surface area contributed by atoms with Gasteiger partial charge in [-0.15, -0.1) is 0 Å². The van der Waals surface area contributed by atoms with Crippen LogP contribution in [-0.2, 0) is 0 Å². The number of amides is 1. The zero-order valence-corrected chi connectivity index (χ0v) is 11.8. The Labute approximate surface area is 121 Å². The van der Waals surface area contributed by atoms with Crippen molar-refractivity contribution in [2.24, 2.45) is 0 Å². The molecule has 0 spiro atoms. The van der Waals surface area contributed by atoms with E-state index in [9.17, 15) is 9.18 Å². The molecule has 1 aromatic carbocycles. The van der Waals surface area contributed by atoms with Crippen LogP contribution >= 0.6 is 27.5 Å². The standard InChI is InChI=1S/C12H8BrClFN3O/c13-8-4-7(1-2-10(8)15)18-12(19)6-3-9(14)11(16)17-5-6/h1-5H,(H2,16,17)(H,18,19). The topological polar surface area (TPSA) is 68.0 Å². The first-order valence-corrected chi connectivity index (χ1v) is 6.32. The first-order chi connectivity index (χ1) is 8.97. The number of pyridine rings is 1. The van der Waals surface area contributed by atoms with Crippen molar-refractivity contribution < 1.29 is 9.18 Å². The molecule has 0 aliphatic carbocycles. The molecule has 19 heavy (non-hydrogen) atoms. The Morgan fingerprint density at radius 3 is 2.79 bits per heavy atom. The minimum absolute atomic E-state index is 0.155. The molecular formula is C12H8BrClFN3O. The first-order valence-electron chi connectivity index (χ1n) is 5.15. The minimum Gasteiger partial charge on any atom is -0.382 e. The Kier molecular flexibility index (Phi) is 4.01. The van der Waals surface area contributed by atoms with Gasteiger partial charge >= 0.3 is 0 Å². The van der Waals surface area contributed by atoms with E-state index in [1.807, 2.05) is 0 Å². The number of carbonyl (C=O) groups is 1. The van der Waals surface area contributed by atoms with Gasteiger partial charge in [-0.2, -0.15) is 0 Å². The third kappa shape index (κ3) is 3.21. The normalized spacial score (nSPS) is 10.3. The van der Waals surface area contributed by atoms with Gasteiger partial charge < -0.3 is 11.1 Å². The van der Waals surface area contributed by atoms with Crippen molar-refractivity contribution in [1.29, 1.82) is 0 Å². The third-order valence-corrected chi connectivity index (χ3v) is 3.22. The fourth-order valence-corrected chi connectivity index (χ4v) is 1.89. The number of nitrogens with zero attached hydrogens (tertiary/aromatic N) is 1. The second-order valence-corrected chi connectivity index (χ2v) is 4.94. The Morgan fingerprint density at radius 1 is 1.42 bits per heavy atom. The lowest BCUT2D eigenvalue weighted by Gasteiger charge is -2.06. The van der Waals surface area contributed by atoms with E-state index in [0.29, 0.717) is 5.69 Å². The highest BCUT2D eigenvalue weighted by Crippen LogP contribution is 2.21. The Hall–Kier alpha value is -1.66. The predicted molar refractivity (Wildman–Crippen MR) is 75.7 cm³/mol. The molecule has 2 rings (SSSR count). The molecule has 0 saturated carbocycles. The summed E-state index contributed by atoms with van der Waals surface area (Å²) in [6.45, 7) is 0. The van der Waals surface area contributed by atoms with E-state index in [0.717, 1.165) is 0 Å². The number of halogens is 3. The van der Waals surface area contributed by atoms with Crippen LogP contribution in [0.5, 0.6) is 0 Å². The Morgan fingerprint density at radius 2 is 2.16 bits per heavy atom. The Bertz CT molecular complexity index is 651. The van der Waals surface area contributed by atoms with E-state index >= 15 is 0 Å². The molecule has 0 atom stereocenters. The van der Waals surface area contributed by atoms with Gasteiger partial charge in [0, 0.05) is 11.9 Å². The minimum atomic E-state index is -0.409. The molecular weight excluding hydrogens is 337 g/mol. The molecule has 0 fully saturated rings. The van der Waals surface area contributed by atoms with Crippen LogP contribution in [0.1, 0.15) is 10.4 Å². The van der Waals surface area contributed by atoms with Crippen LogP contribution in [0.2, 0.25) is 5.02 Å². The van der Waals surface area contributed by atoms with Crippen LogP contribution in [0.25, 0.3) is 0 Å². The second kappa shape index (κ2) is 5.54. The third-order valence-electron chi connectivity index (χ3n) is 2.31. The van der Waals surface area contributed by atoms with Crippen molar-refractivity contribution in [3.8, 4) is 0 Å². The van der Waals surface area contributed by atoms with E-state index < -0.39 is 11.7 Å². The summed E-state index contributed by atoms with van der Waals surface area (Å²) in [4.78, 5) is 15.7. The van der Waals surface area contributed by atoms with Crippen molar-refractivity contribution in [2.75, 3.05) is 11.1 Å². The molecule has 1 heterocycles. The zero-order valence-electron chi connectivity index (χ0n) is 9.45. The van der Waals surface area contributed by atoms with Gasteiger partial charge in [0.05, 0.1) is 15.1 Å². The highest BCUT2D eigenvalue weighted by molar-refractivity contribution is 9.10. The molecule has 0 radical (unpaired) electrons. The second-order valence-electron chi connectivity index (χ2n) is 3.67. The maximum Gasteiger partial charge on any atom is 0.257 e. The molecule has 0 unspecified atom stereocenters. The van der Waals surface area contributed by atoms with Gasteiger partial charge in [0.2, 0.25) is 0 Å². The highest BCUT2D eigenvalue weighted by Gasteiger charge is 2.10. The summed E-state index contributed by atoms with van der Waals surface area (Å²) in [5.74, 6) is -0.661. The van der Waals surface area contributed by atoms with Gasteiger partial charge in [0.1, 0.15) is 11.6 Å².